The first-order chi connectivity index (χ1) is 12.7. The van der Waals surface area contributed by atoms with Crippen molar-refractivity contribution in [1.82, 2.24) is 0 Å². The van der Waals surface area contributed by atoms with E-state index in [-0.39, 0.29) is 12.2 Å². The molecule has 3 rings (SSSR count). The summed E-state index contributed by atoms with van der Waals surface area (Å²) in [5.74, 6) is 1.82. The molecule has 2 nitrogen and oxygen atoms in total. The highest BCUT2D eigenvalue weighted by Crippen LogP contribution is 2.46. The number of aliphatic hydroxyl groups is 2. The van der Waals surface area contributed by atoms with Gasteiger partial charge in [0.2, 0.25) is 0 Å². The summed E-state index contributed by atoms with van der Waals surface area (Å²) in [6.07, 6.45) is 12.5. The molecule has 0 amide bonds. The van der Waals surface area contributed by atoms with E-state index in [1.807, 2.05) is 0 Å². The molecule has 27 heavy (non-hydrogen) atoms. The molecule has 3 aliphatic rings. The minimum absolute atomic E-state index is 0.0737. The Labute approximate surface area is 171 Å². The molecule has 0 aromatic carbocycles. The highest BCUT2D eigenvalue weighted by Gasteiger charge is 2.50. The third kappa shape index (κ3) is 5.25. The molecule has 0 spiro atoms. The van der Waals surface area contributed by atoms with Gasteiger partial charge in [-0.05, 0) is 98.3 Å². The SMILES string of the molecule is CC1CC([S+](C2CCC(C(C)(C)C)CC2)C2CCC(O)C(C)C2)CCC1O. The van der Waals surface area contributed by atoms with E-state index in [2.05, 4.69) is 34.6 Å². The van der Waals surface area contributed by atoms with E-state index in [0.29, 0.717) is 28.1 Å². The van der Waals surface area contributed by atoms with E-state index in [0.717, 1.165) is 34.5 Å². The average Bonchev–Trinajstić information content (AvgIpc) is 2.61. The van der Waals surface area contributed by atoms with Crippen molar-refractivity contribution in [3.8, 4) is 0 Å². The van der Waals surface area contributed by atoms with Gasteiger partial charge in [-0.25, -0.2) is 0 Å². The minimum atomic E-state index is -0.0737. The molecule has 2 N–H and O–H groups in total. The third-order valence-corrected chi connectivity index (χ3v) is 11.8. The predicted octanol–water partition coefficient (Wildman–Crippen LogP) is 5.31. The average molecular weight is 398 g/mol. The minimum Gasteiger partial charge on any atom is -0.393 e. The molecular weight excluding hydrogens is 352 g/mol. The standard InChI is InChI=1S/C24H45O2S/c1-16-14-20(10-12-22(16)25)27(21-11-13-23(26)17(2)15-21)19-8-6-18(7-9-19)24(3,4)5/h16-23,25-26H,6-15H2,1-5H3/q+1. The highest BCUT2D eigenvalue weighted by molar-refractivity contribution is 7.98. The van der Waals surface area contributed by atoms with Gasteiger partial charge >= 0.3 is 0 Å². The van der Waals surface area contributed by atoms with Crippen LogP contribution in [0.15, 0.2) is 0 Å². The van der Waals surface area contributed by atoms with Crippen molar-refractivity contribution in [3.05, 3.63) is 0 Å². The van der Waals surface area contributed by atoms with E-state index in [4.69, 9.17) is 0 Å². The number of hydrogen-bond donors (Lipinski definition) is 2. The summed E-state index contributed by atoms with van der Waals surface area (Å²) < 4.78 is 0. The van der Waals surface area contributed by atoms with Crippen molar-refractivity contribution >= 4 is 10.9 Å². The van der Waals surface area contributed by atoms with Crippen LogP contribution in [0, 0.1) is 23.2 Å². The molecule has 3 heteroatoms. The summed E-state index contributed by atoms with van der Waals surface area (Å²) in [5.41, 5.74) is 0.455. The van der Waals surface area contributed by atoms with Crippen LogP contribution in [-0.2, 0) is 10.9 Å². The zero-order chi connectivity index (χ0) is 19.8. The Morgan fingerprint density at radius 2 is 1.04 bits per heavy atom. The van der Waals surface area contributed by atoms with E-state index < -0.39 is 0 Å². The fourth-order valence-corrected chi connectivity index (χ4v) is 10.5. The topological polar surface area (TPSA) is 40.5 Å². The maximum atomic E-state index is 10.3. The van der Waals surface area contributed by atoms with Crippen molar-refractivity contribution in [3.63, 3.8) is 0 Å². The van der Waals surface area contributed by atoms with Crippen LogP contribution in [0.1, 0.15) is 98.8 Å². The Kier molecular flexibility index (Phi) is 7.29. The van der Waals surface area contributed by atoms with E-state index >= 15 is 0 Å². The van der Waals surface area contributed by atoms with Gasteiger partial charge in [0.05, 0.1) is 12.2 Å². The predicted molar refractivity (Wildman–Crippen MR) is 118 cm³/mol. The summed E-state index contributed by atoms with van der Waals surface area (Å²) in [4.78, 5) is 0. The molecule has 6 atom stereocenters. The van der Waals surface area contributed by atoms with Crippen LogP contribution in [0.2, 0.25) is 0 Å². The van der Waals surface area contributed by atoms with Crippen LogP contribution in [0.3, 0.4) is 0 Å². The molecule has 0 saturated heterocycles. The maximum Gasteiger partial charge on any atom is 0.119 e. The lowest BCUT2D eigenvalue weighted by Crippen LogP contribution is -2.48. The highest BCUT2D eigenvalue weighted by atomic mass is 32.2. The van der Waals surface area contributed by atoms with Crippen molar-refractivity contribution in [2.24, 2.45) is 23.2 Å². The number of aliphatic hydroxyl groups excluding tert-OH is 2. The van der Waals surface area contributed by atoms with Crippen molar-refractivity contribution in [2.75, 3.05) is 0 Å². The maximum absolute atomic E-state index is 10.3. The molecule has 3 fully saturated rings. The van der Waals surface area contributed by atoms with Crippen LogP contribution in [0.25, 0.3) is 0 Å². The fourth-order valence-electron chi connectivity index (χ4n) is 6.17. The fraction of sp³-hybridized carbons (Fsp3) is 1.00. The van der Waals surface area contributed by atoms with Crippen LogP contribution in [0.4, 0.5) is 0 Å². The molecule has 0 aromatic heterocycles. The van der Waals surface area contributed by atoms with Gasteiger partial charge in [0.25, 0.3) is 0 Å². The molecule has 6 unspecified atom stereocenters. The van der Waals surface area contributed by atoms with Crippen LogP contribution in [0.5, 0.6) is 0 Å². The van der Waals surface area contributed by atoms with Gasteiger partial charge in [0, 0.05) is 0 Å². The summed E-state index contributed by atoms with van der Waals surface area (Å²) in [5, 5.41) is 23.1. The number of hydrogen-bond acceptors (Lipinski definition) is 2. The Morgan fingerprint density at radius 3 is 1.41 bits per heavy atom. The number of rotatable bonds is 3. The van der Waals surface area contributed by atoms with Crippen molar-refractivity contribution in [1.29, 1.82) is 0 Å². The molecular formula is C24H45O2S+. The van der Waals surface area contributed by atoms with E-state index in [9.17, 15) is 10.2 Å². The Morgan fingerprint density at radius 1 is 0.630 bits per heavy atom. The molecule has 0 radical (unpaired) electrons. The van der Waals surface area contributed by atoms with Gasteiger partial charge in [-0.15, -0.1) is 0 Å². The van der Waals surface area contributed by atoms with Gasteiger partial charge in [0.15, 0.2) is 0 Å². The zero-order valence-electron chi connectivity index (χ0n) is 18.5. The summed E-state index contributed by atoms with van der Waals surface area (Å²) in [7, 11) is 0.481. The Balaban J connectivity index is 1.72. The van der Waals surface area contributed by atoms with E-state index in [1.165, 1.54) is 51.4 Å². The summed E-state index contributed by atoms with van der Waals surface area (Å²) in [6, 6.07) is 0. The third-order valence-electron chi connectivity index (χ3n) is 8.21. The monoisotopic (exact) mass is 397 g/mol. The molecule has 0 bridgehead atoms. The lowest BCUT2D eigenvalue weighted by molar-refractivity contribution is 0.0772. The first-order valence-corrected chi connectivity index (χ1v) is 13.1. The van der Waals surface area contributed by atoms with Gasteiger partial charge in [-0.3, -0.25) is 0 Å². The second-order valence-corrected chi connectivity index (χ2v) is 14.0. The van der Waals surface area contributed by atoms with Crippen molar-refractivity contribution < 1.29 is 10.2 Å². The van der Waals surface area contributed by atoms with Crippen LogP contribution >= 0.6 is 0 Å². The van der Waals surface area contributed by atoms with Crippen LogP contribution in [-0.4, -0.2) is 38.2 Å². The summed E-state index contributed by atoms with van der Waals surface area (Å²) >= 11 is 0. The molecule has 0 aromatic rings. The quantitative estimate of drug-likeness (QED) is 0.634. The normalized spacial score (nSPS) is 45.4. The molecule has 0 heterocycles. The van der Waals surface area contributed by atoms with Crippen LogP contribution < -0.4 is 0 Å². The van der Waals surface area contributed by atoms with Gasteiger partial charge < -0.3 is 10.2 Å². The lowest BCUT2D eigenvalue weighted by atomic mass is 9.72. The van der Waals surface area contributed by atoms with Crippen molar-refractivity contribution in [2.45, 2.75) is 127 Å². The van der Waals surface area contributed by atoms with E-state index in [1.54, 1.807) is 0 Å². The van der Waals surface area contributed by atoms with Gasteiger partial charge in [-0.2, -0.15) is 0 Å². The molecule has 3 saturated carbocycles. The zero-order valence-corrected chi connectivity index (χ0v) is 19.3. The Bertz CT molecular complexity index is 439. The summed E-state index contributed by atoms with van der Waals surface area (Å²) in [6.45, 7) is 11.8. The lowest BCUT2D eigenvalue weighted by Gasteiger charge is -2.42. The smallest absolute Gasteiger partial charge is 0.119 e. The first-order valence-electron chi connectivity index (χ1n) is 11.7. The molecule has 3 aliphatic carbocycles. The van der Waals surface area contributed by atoms with Gasteiger partial charge in [-0.1, -0.05) is 34.6 Å². The second-order valence-electron chi connectivity index (χ2n) is 11.2. The first kappa shape index (κ1) is 22.0. The second kappa shape index (κ2) is 8.96. The molecule has 0 aliphatic heterocycles. The largest absolute Gasteiger partial charge is 0.393 e. The molecule has 158 valence electrons. The Hall–Kier alpha value is 0.270. The van der Waals surface area contributed by atoms with Gasteiger partial charge in [0.1, 0.15) is 15.7 Å².